The number of halogens is 1. The van der Waals surface area contributed by atoms with Gasteiger partial charge in [-0.1, -0.05) is 11.6 Å². The number of aliphatic hydroxyl groups excluding tert-OH is 1. The van der Waals surface area contributed by atoms with Crippen molar-refractivity contribution in [1.29, 1.82) is 0 Å². The number of hydrogen-bond donors (Lipinski definition) is 1. The summed E-state index contributed by atoms with van der Waals surface area (Å²) >= 11 is 5.91. The van der Waals surface area contributed by atoms with Gasteiger partial charge in [0.25, 0.3) is 11.7 Å². The van der Waals surface area contributed by atoms with Gasteiger partial charge < -0.3 is 14.9 Å². The summed E-state index contributed by atoms with van der Waals surface area (Å²) in [6, 6.07) is 9.31. The summed E-state index contributed by atoms with van der Waals surface area (Å²) in [6.45, 7) is 0.956. The second kappa shape index (κ2) is 7.90. The van der Waals surface area contributed by atoms with E-state index in [-0.39, 0.29) is 11.3 Å². The predicted octanol–water partition coefficient (Wildman–Crippen LogP) is 2.72. The van der Waals surface area contributed by atoms with Crippen LogP contribution in [-0.4, -0.2) is 58.8 Å². The molecule has 1 aliphatic rings. The highest BCUT2D eigenvalue weighted by Crippen LogP contribution is 2.39. The first-order valence-corrected chi connectivity index (χ1v) is 8.87. The summed E-state index contributed by atoms with van der Waals surface area (Å²) in [4.78, 5) is 32.9. The average molecular weight is 386 g/mol. The van der Waals surface area contributed by atoms with Crippen LogP contribution in [0.1, 0.15) is 17.2 Å². The van der Waals surface area contributed by atoms with Gasteiger partial charge in [0.15, 0.2) is 0 Å². The third-order valence-electron chi connectivity index (χ3n) is 4.47. The van der Waals surface area contributed by atoms with Crippen LogP contribution < -0.4 is 0 Å². The number of carbonyl (C=O) groups excluding carboxylic acids is 2. The molecule has 3 rings (SSSR count). The molecule has 27 heavy (non-hydrogen) atoms. The normalized spacial score (nSPS) is 19.1. The number of aliphatic hydroxyl groups is 1. The van der Waals surface area contributed by atoms with E-state index in [1.165, 1.54) is 4.90 Å². The summed E-state index contributed by atoms with van der Waals surface area (Å²) in [7, 11) is 3.79. The summed E-state index contributed by atoms with van der Waals surface area (Å²) in [6.07, 6.45) is 3.20. The molecule has 1 saturated heterocycles. The first-order chi connectivity index (χ1) is 12.9. The molecule has 0 saturated carbocycles. The Labute approximate surface area is 162 Å². The van der Waals surface area contributed by atoms with Crippen LogP contribution in [0, 0.1) is 0 Å². The minimum atomic E-state index is -0.692. The molecular weight excluding hydrogens is 366 g/mol. The molecule has 1 fully saturated rings. The molecule has 1 amide bonds. The number of likely N-dealkylation sites (tertiary alicyclic amines) is 1. The zero-order chi connectivity index (χ0) is 19.6. The van der Waals surface area contributed by atoms with Gasteiger partial charge in [0.2, 0.25) is 0 Å². The molecule has 1 aromatic carbocycles. The molecule has 1 aliphatic heterocycles. The lowest BCUT2D eigenvalue weighted by molar-refractivity contribution is -0.140. The molecule has 0 radical (unpaired) electrons. The Bertz CT molecular complexity index is 879. The third-order valence-corrected chi connectivity index (χ3v) is 4.72. The molecule has 6 nitrogen and oxygen atoms in total. The fourth-order valence-electron chi connectivity index (χ4n) is 3.07. The highest BCUT2D eigenvalue weighted by molar-refractivity contribution is 6.46. The Hall–Kier alpha value is -2.70. The van der Waals surface area contributed by atoms with Crippen LogP contribution in [0.4, 0.5) is 0 Å². The Kier molecular flexibility index (Phi) is 5.58. The van der Waals surface area contributed by atoms with Gasteiger partial charge in [-0.25, -0.2) is 0 Å². The SMILES string of the molecule is CN(C)CCN1C(=O)C(=O)/C(=C(/O)c2ccc(Cl)cc2)[C@@H]1c1ccncc1. The Balaban J connectivity index is 2.12. The van der Waals surface area contributed by atoms with E-state index in [4.69, 9.17) is 11.6 Å². The number of likely N-dealkylation sites (N-methyl/N-ethyl adjacent to an activating group) is 1. The summed E-state index contributed by atoms with van der Waals surface area (Å²) in [5, 5.41) is 11.4. The fraction of sp³-hybridized carbons (Fsp3) is 0.250. The largest absolute Gasteiger partial charge is 0.507 e. The van der Waals surface area contributed by atoms with E-state index in [2.05, 4.69) is 4.98 Å². The van der Waals surface area contributed by atoms with Gasteiger partial charge in [-0.05, 0) is 56.1 Å². The topological polar surface area (TPSA) is 73.7 Å². The van der Waals surface area contributed by atoms with Crippen LogP contribution in [0.3, 0.4) is 0 Å². The highest BCUT2D eigenvalue weighted by Gasteiger charge is 2.45. The summed E-state index contributed by atoms with van der Waals surface area (Å²) < 4.78 is 0. The number of hydrogen-bond acceptors (Lipinski definition) is 5. The highest BCUT2D eigenvalue weighted by atomic mass is 35.5. The maximum atomic E-state index is 12.8. The van der Waals surface area contributed by atoms with Crippen molar-refractivity contribution in [2.45, 2.75) is 6.04 Å². The first kappa shape index (κ1) is 19.1. The second-order valence-corrected chi connectivity index (χ2v) is 7.02. The molecule has 1 N–H and O–H groups in total. The van der Waals surface area contributed by atoms with Gasteiger partial charge in [0.05, 0.1) is 11.6 Å². The van der Waals surface area contributed by atoms with Crippen molar-refractivity contribution >= 4 is 29.1 Å². The summed E-state index contributed by atoms with van der Waals surface area (Å²) in [5.41, 5.74) is 1.23. The van der Waals surface area contributed by atoms with Crippen molar-refractivity contribution in [2.24, 2.45) is 0 Å². The number of nitrogens with zero attached hydrogens (tertiary/aromatic N) is 3. The maximum Gasteiger partial charge on any atom is 0.295 e. The molecule has 1 atom stereocenters. The maximum absolute atomic E-state index is 12.8. The van der Waals surface area contributed by atoms with Gasteiger partial charge >= 0.3 is 0 Å². The lowest BCUT2D eigenvalue weighted by atomic mass is 9.96. The van der Waals surface area contributed by atoms with Crippen LogP contribution in [0.25, 0.3) is 5.76 Å². The molecule has 0 unspecified atom stereocenters. The number of ketones is 1. The van der Waals surface area contributed by atoms with Crippen LogP contribution in [0.2, 0.25) is 5.02 Å². The van der Waals surface area contributed by atoms with E-state index < -0.39 is 17.7 Å². The lowest BCUT2D eigenvalue weighted by Crippen LogP contribution is -2.35. The number of carbonyl (C=O) groups is 2. The van der Waals surface area contributed by atoms with E-state index in [1.807, 2.05) is 19.0 Å². The van der Waals surface area contributed by atoms with Crippen LogP contribution in [0.15, 0.2) is 54.4 Å². The van der Waals surface area contributed by atoms with Gasteiger partial charge in [-0.15, -0.1) is 0 Å². The first-order valence-electron chi connectivity index (χ1n) is 8.49. The molecule has 1 aromatic heterocycles. The van der Waals surface area contributed by atoms with Gasteiger partial charge in [-0.2, -0.15) is 0 Å². The van der Waals surface area contributed by atoms with Crippen molar-refractivity contribution in [2.75, 3.05) is 27.2 Å². The smallest absolute Gasteiger partial charge is 0.295 e. The molecule has 2 heterocycles. The second-order valence-electron chi connectivity index (χ2n) is 6.58. The van der Waals surface area contributed by atoms with Crippen LogP contribution >= 0.6 is 11.6 Å². The van der Waals surface area contributed by atoms with E-state index >= 15 is 0 Å². The minimum absolute atomic E-state index is 0.0762. The molecule has 0 aliphatic carbocycles. The number of amides is 1. The lowest BCUT2D eigenvalue weighted by Gasteiger charge is -2.26. The van der Waals surface area contributed by atoms with Crippen molar-refractivity contribution in [3.05, 3.63) is 70.5 Å². The predicted molar refractivity (Wildman–Crippen MR) is 103 cm³/mol. The van der Waals surface area contributed by atoms with Crippen LogP contribution in [-0.2, 0) is 9.59 Å². The molecular formula is C20H20ClN3O3. The molecule has 7 heteroatoms. The molecule has 2 aromatic rings. The van der Waals surface area contributed by atoms with Crippen molar-refractivity contribution in [1.82, 2.24) is 14.8 Å². The number of benzene rings is 1. The Morgan fingerprint density at radius 2 is 1.78 bits per heavy atom. The quantitative estimate of drug-likeness (QED) is 0.486. The van der Waals surface area contributed by atoms with E-state index in [0.29, 0.717) is 23.7 Å². The zero-order valence-electron chi connectivity index (χ0n) is 15.1. The fourth-order valence-corrected chi connectivity index (χ4v) is 3.20. The van der Waals surface area contributed by atoms with E-state index in [0.717, 1.165) is 5.56 Å². The third kappa shape index (κ3) is 3.86. The number of pyridine rings is 1. The minimum Gasteiger partial charge on any atom is -0.507 e. The van der Waals surface area contributed by atoms with Crippen molar-refractivity contribution in [3.63, 3.8) is 0 Å². The Morgan fingerprint density at radius 3 is 2.37 bits per heavy atom. The standard InChI is InChI=1S/C20H20ClN3O3/c1-23(2)11-12-24-17(13-7-9-22-10-8-13)16(19(26)20(24)27)18(25)14-3-5-15(21)6-4-14/h3-10,17,25H,11-12H2,1-2H3/b18-16+/t17-/m0/s1. The van der Waals surface area contributed by atoms with Crippen LogP contribution in [0.5, 0.6) is 0 Å². The van der Waals surface area contributed by atoms with Gasteiger partial charge in [-0.3, -0.25) is 14.6 Å². The molecule has 0 spiro atoms. The molecule has 0 bridgehead atoms. The number of aromatic nitrogens is 1. The monoisotopic (exact) mass is 385 g/mol. The van der Waals surface area contributed by atoms with E-state index in [9.17, 15) is 14.7 Å². The number of rotatable bonds is 5. The van der Waals surface area contributed by atoms with Gasteiger partial charge in [0.1, 0.15) is 5.76 Å². The average Bonchev–Trinajstić information content (AvgIpc) is 2.91. The van der Waals surface area contributed by atoms with Crippen molar-refractivity contribution in [3.8, 4) is 0 Å². The zero-order valence-corrected chi connectivity index (χ0v) is 15.8. The Morgan fingerprint density at radius 1 is 1.15 bits per heavy atom. The summed E-state index contributed by atoms with van der Waals surface area (Å²) in [5.74, 6) is -1.52. The number of Topliss-reactive ketones (excluding diaryl/α,β-unsaturated/α-hetero) is 1. The van der Waals surface area contributed by atoms with E-state index in [1.54, 1.807) is 48.8 Å². The molecule has 140 valence electrons. The van der Waals surface area contributed by atoms with Crippen molar-refractivity contribution < 1.29 is 14.7 Å². The van der Waals surface area contributed by atoms with Gasteiger partial charge in [0, 0.05) is 36.1 Å².